The molecule has 0 radical (unpaired) electrons. The molecule has 1 aromatic carbocycles. The second-order valence-corrected chi connectivity index (χ2v) is 5.67. The van der Waals surface area contributed by atoms with Gasteiger partial charge in [-0.25, -0.2) is 0 Å². The highest BCUT2D eigenvalue weighted by Crippen LogP contribution is 2.36. The van der Waals surface area contributed by atoms with Gasteiger partial charge in [0.2, 0.25) is 0 Å². The van der Waals surface area contributed by atoms with Crippen molar-refractivity contribution in [1.29, 1.82) is 0 Å². The summed E-state index contributed by atoms with van der Waals surface area (Å²) in [4.78, 5) is 24.7. The number of imide groups is 1. The predicted octanol–water partition coefficient (Wildman–Crippen LogP) is 2.16. The maximum Gasteiger partial charge on any atom is 0.277 e. The Bertz CT molecular complexity index is 625. The molecule has 118 valence electrons. The highest BCUT2D eigenvalue weighted by Gasteiger charge is 2.30. The van der Waals surface area contributed by atoms with E-state index in [-0.39, 0.29) is 18.8 Å². The third kappa shape index (κ3) is 3.43. The summed E-state index contributed by atoms with van der Waals surface area (Å²) in [7, 11) is 0. The molecule has 0 aliphatic carbocycles. The van der Waals surface area contributed by atoms with Gasteiger partial charge in [-0.05, 0) is 35.0 Å². The topological polar surface area (TPSA) is 78.9 Å². The molecule has 0 aromatic heterocycles. The molecule has 1 heterocycles. The van der Waals surface area contributed by atoms with Crippen LogP contribution in [0, 0.1) is 0 Å². The number of aliphatic hydroxyl groups is 1. The van der Waals surface area contributed by atoms with Crippen molar-refractivity contribution < 1.29 is 19.4 Å². The Balaban J connectivity index is 2.20. The minimum Gasteiger partial charge on any atom is -0.491 e. The zero-order valence-electron chi connectivity index (χ0n) is 11.7. The van der Waals surface area contributed by atoms with Gasteiger partial charge >= 0.3 is 0 Å². The lowest BCUT2D eigenvalue weighted by Crippen LogP contribution is -2.34. The van der Waals surface area contributed by atoms with Crippen molar-refractivity contribution in [3.8, 4) is 5.75 Å². The first kappa shape index (κ1) is 16.8. The second-order valence-electron chi connectivity index (χ2n) is 4.40. The summed E-state index contributed by atoms with van der Waals surface area (Å²) < 4.78 is 6.03. The molecule has 2 N–H and O–H groups in total. The normalized spacial score (nSPS) is 14.4. The molecule has 8 heteroatoms. The van der Waals surface area contributed by atoms with E-state index in [0.29, 0.717) is 27.5 Å². The maximum atomic E-state index is 12.0. The minimum atomic E-state index is -0.486. The van der Waals surface area contributed by atoms with Crippen LogP contribution in [0.4, 0.5) is 5.69 Å². The van der Waals surface area contributed by atoms with Crippen molar-refractivity contribution >= 4 is 45.0 Å². The highest BCUT2D eigenvalue weighted by molar-refractivity contribution is 9.10. The molecular weight excluding hydrogens is 376 g/mol. The van der Waals surface area contributed by atoms with Crippen LogP contribution in [0.1, 0.15) is 6.92 Å². The van der Waals surface area contributed by atoms with Crippen molar-refractivity contribution in [2.45, 2.75) is 6.92 Å². The van der Waals surface area contributed by atoms with Gasteiger partial charge in [0.25, 0.3) is 11.8 Å². The standard InChI is InChI=1S/C14H14BrClN2O4/c1-2-22-13-9(15)5-8(6-10(13)16)17-11-7-12(20)18(3-4-19)14(11)21/h5-7,17,19H,2-4H2,1H3. The average molecular weight is 390 g/mol. The molecule has 0 saturated heterocycles. The van der Waals surface area contributed by atoms with E-state index in [1.807, 2.05) is 6.92 Å². The summed E-state index contributed by atoms with van der Waals surface area (Å²) in [6.07, 6.45) is 1.19. The fraction of sp³-hybridized carbons (Fsp3) is 0.286. The SMILES string of the molecule is CCOc1c(Cl)cc(NC2=CC(=O)N(CCO)C2=O)cc1Br. The molecular formula is C14H14BrClN2O4. The number of β-amino-alcohol motifs (C(OH)–C–C–N with tert-alkyl or cyclic N) is 1. The zero-order chi connectivity index (χ0) is 16.3. The van der Waals surface area contributed by atoms with Crippen molar-refractivity contribution in [3.63, 3.8) is 0 Å². The summed E-state index contributed by atoms with van der Waals surface area (Å²) in [5, 5.41) is 12.1. The Hall–Kier alpha value is -1.57. The van der Waals surface area contributed by atoms with Crippen LogP contribution < -0.4 is 10.1 Å². The summed E-state index contributed by atoms with van der Waals surface area (Å²) in [5.41, 5.74) is 0.671. The molecule has 2 amide bonds. The van der Waals surface area contributed by atoms with Crippen LogP contribution >= 0.6 is 27.5 Å². The number of hydrogen-bond acceptors (Lipinski definition) is 5. The largest absolute Gasteiger partial charge is 0.491 e. The average Bonchev–Trinajstić information content (AvgIpc) is 2.71. The summed E-state index contributed by atoms with van der Waals surface area (Å²) in [6, 6.07) is 3.30. The zero-order valence-corrected chi connectivity index (χ0v) is 14.1. The van der Waals surface area contributed by atoms with Crippen molar-refractivity contribution in [2.75, 3.05) is 25.1 Å². The van der Waals surface area contributed by atoms with Gasteiger partial charge < -0.3 is 15.2 Å². The van der Waals surface area contributed by atoms with Crippen LogP contribution in [0.15, 0.2) is 28.4 Å². The van der Waals surface area contributed by atoms with E-state index in [1.54, 1.807) is 12.1 Å². The molecule has 0 spiro atoms. The van der Waals surface area contributed by atoms with E-state index < -0.39 is 11.8 Å². The number of nitrogens with zero attached hydrogens (tertiary/aromatic N) is 1. The van der Waals surface area contributed by atoms with Gasteiger partial charge in [-0.15, -0.1) is 0 Å². The minimum absolute atomic E-state index is 0.0346. The molecule has 1 aliphatic heterocycles. The molecule has 2 rings (SSSR count). The smallest absolute Gasteiger partial charge is 0.277 e. The fourth-order valence-electron chi connectivity index (χ4n) is 1.98. The lowest BCUT2D eigenvalue weighted by atomic mass is 10.3. The van der Waals surface area contributed by atoms with Gasteiger partial charge in [-0.3, -0.25) is 14.5 Å². The van der Waals surface area contributed by atoms with E-state index in [9.17, 15) is 9.59 Å². The Kier molecular flexibility index (Phi) is 5.44. The van der Waals surface area contributed by atoms with E-state index in [4.69, 9.17) is 21.4 Å². The van der Waals surface area contributed by atoms with Crippen LogP contribution in [0.3, 0.4) is 0 Å². The first-order valence-electron chi connectivity index (χ1n) is 6.55. The lowest BCUT2D eigenvalue weighted by Gasteiger charge is -2.14. The number of hydrogen-bond donors (Lipinski definition) is 2. The molecule has 22 heavy (non-hydrogen) atoms. The predicted molar refractivity (Wildman–Crippen MR) is 85.8 cm³/mol. The van der Waals surface area contributed by atoms with E-state index >= 15 is 0 Å². The first-order valence-corrected chi connectivity index (χ1v) is 7.72. The molecule has 1 aromatic rings. The van der Waals surface area contributed by atoms with Gasteiger partial charge in [0, 0.05) is 11.8 Å². The van der Waals surface area contributed by atoms with Crippen molar-refractivity contribution in [3.05, 3.63) is 33.4 Å². The maximum absolute atomic E-state index is 12.0. The molecule has 6 nitrogen and oxygen atoms in total. The number of halogens is 2. The third-order valence-electron chi connectivity index (χ3n) is 2.90. The second kappa shape index (κ2) is 7.13. The Labute approximate surface area is 140 Å². The van der Waals surface area contributed by atoms with Gasteiger partial charge in [0.1, 0.15) is 5.70 Å². The van der Waals surface area contributed by atoms with Crippen LogP contribution in [0.25, 0.3) is 0 Å². The number of anilines is 1. The number of benzene rings is 1. The van der Waals surface area contributed by atoms with Crippen LogP contribution in [-0.4, -0.2) is 41.6 Å². The van der Waals surface area contributed by atoms with Crippen LogP contribution in [0.2, 0.25) is 5.02 Å². The fourth-order valence-corrected chi connectivity index (χ4v) is 2.94. The molecule has 1 aliphatic rings. The Morgan fingerprint density at radius 2 is 2.14 bits per heavy atom. The van der Waals surface area contributed by atoms with Crippen molar-refractivity contribution in [2.24, 2.45) is 0 Å². The van der Waals surface area contributed by atoms with Gasteiger partial charge in [-0.1, -0.05) is 11.6 Å². The van der Waals surface area contributed by atoms with Gasteiger partial charge in [0.15, 0.2) is 5.75 Å². The van der Waals surface area contributed by atoms with Gasteiger partial charge in [-0.2, -0.15) is 0 Å². The van der Waals surface area contributed by atoms with Crippen LogP contribution in [0.5, 0.6) is 5.75 Å². The summed E-state index contributed by atoms with van der Waals surface area (Å²) in [5.74, 6) is -0.433. The number of nitrogens with one attached hydrogen (secondary N) is 1. The van der Waals surface area contributed by atoms with Crippen LogP contribution in [-0.2, 0) is 9.59 Å². The van der Waals surface area contributed by atoms with Crippen molar-refractivity contribution in [1.82, 2.24) is 4.90 Å². The monoisotopic (exact) mass is 388 g/mol. The van der Waals surface area contributed by atoms with E-state index in [2.05, 4.69) is 21.2 Å². The molecule has 0 atom stereocenters. The first-order chi connectivity index (χ1) is 10.5. The Morgan fingerprint density at radius 1 is 1.41 bits per heavy atom. The quantitative estimate of drug-likeness (QED) is 0.729. The number of rotatable bonds is 6. The lowest BCUT2D eigenvalue weighted by molar-refractivity contribution is -0.137. The molecule has 0 fully saturated rings. The Morgan fingerprint density at radius 3 is 2.73 bits per heavy atom. The van der Waals surface area contributed by atoms with Gasteiger partial charge in [0.05, 0.1) is 29.3 Å². The number of amides is 2. The highest BCUT2D eigenvalue weighted by atomic mass is 79.9. The molecule has 0 bridgehead atoms. The number of carbonyl (C=O) groups excluding carboxylic acids is 2. The number of carbonyl (C=O) groups is 2. The van der Waals surface area contributed by atoms with E-state index in [1.165, 1.54) is 6.08 Å². The summed E-state index contributed by atoms with van der Waals surface area (Å²) >= 11 is 9.48. The van der Waals surface area contributed by atoms with E-state index in [0.717, 1.165) is 4.90 Å². The molecule has 0 saturated carbocycles. The molecule has 0 unspecified atom stereocenters. The third-order valence-corrected chi connectivity index (χ3v) is 3.77. The number of ether oxygens (including phenoxy) is 1. The summed E-state index contributed by atoms with van der Waals surface area (Å²) in [6.45, 7) is 2.00. The number of aliphatic hydroxyl groups excluding tert-OH is 1.